The van der Waals surface area contributed by atoms with Gasteiger partial charge in [-0.15, -0.1) is 0 Å². The Bertz CT molecular complexity index is 1650. The summed E-state index contributed by atoms with van der Waals surface area (Å²) in [6.45, 7) is 7.68. The summed E-state index contributed by atoms with van der Waals surface area (Å²) in [5.41, 5.74) is 9.73. The van der Waals surface area contributed by atoms with Crippen molar-refractivity contribution in [3.63, 3.8) is 0 Å². The fourth-order valence-electron chi connectivity index (χ4n) is 5.94. The highest BCUT2D eigenvalue weighted by Gasteiger charge is 2.19. The third-order valence-electron chi connectivity index (χ3n) is 7.94. The summed E-state index contributed by atoms with van der Waals surface area (Å²) in [5.74, 6) is 0. The molecule has 4 N–H and O–H groups in total. The van der Waals surface area contributed by atoms with Crippen molar-refractivity contribution in [2.75, 3.05) is 42.5 Å². The summed E-state index contributed by atoms with van der Waals surface area (Å²) in [6.07, 6.45) is 7.20. The molecule has 3 aromatic carbocycles. The van der Waals surface area contributed by atoms with Crippen LogP contribution in [0.4, 0.5) is 16.2 Å². The fourth-order valence-corrected chi connectivity index (χ4v) is 6.51. The average molecular weight is 602 g/mol. The van der Waals surface area contributed by atoms with E-state index in [0.717, 1.165) is 93.2 Å². The molecule has 4 aromatic rings. The molecule has 0 unspecified atom stereocenters. The highest BCUT2D eigenvalue weighted by Crippen LogP contribution is 2.33. The molecular weight excluding hydrogens is 558 g/mol. The normalized spacial score (nSPS) is 13.5. The van der Waals surface area contributed by atoms with Crippen molar-refractivity contribution < 1.29 is 13.2 Å². The van der Waals surface area contributed by atoms with Crippen LogP contribution in [-0.2, 0) is 22.9 Å². The number of carbonyl (C=O) groups is 1. The first-order valence-corrected chi connectivity index (χ1v) is 17.1. The summed E-state index contributed by atoms with van der Waals surface area (Å²) >= 11 is 0. The van der Waals surface area contributed by atoms with Gasteiger partial charge in [0.25, 0.3) is 0 Å². The van der Waals surface area contributed by atoms with Crippen molar-refractivity contribution in [3.05, 3.63) is 82.9 Å². The summed E-state index contributed by atoms with van der Waals surface area (Å²) in [7, 11) is -3.26. The first-order valence-electron chi connectivity index (χ1n) is 15.2. The maximum atomic E-state index is 12.8. The van der Waals surface area contributed by atoms with Crippen LogP contribution in [0.3, 0.4) is 0 Å². The zero-order chi connectivity index (χ0) is 30.4. The van der Waals surface area contributed by atoms with Crippen molar-refractivity contribution >= 4 is 38.3 Å². The van der Waals surface area contributed by atoms with Gasteiger partial charge < -0.3 is 20.5 Å². The molecule has 5 rings (SSSR count). The molecule has 1 aliphatic rings. The van der Waals surface area contributed by atoms with Gasteiger partial charge >= 0.3 is 6.03 Å². The maximum absolute atomic E-state index is 12.8. The van der Waals surface area contributed by atoms with Crippen LogP contribution >= 0.6 is 0 Å². The van der Waals surface area contributed by atoms with Gasteiger partial charge in [-0.2, -0.15) is 0 Å². The summed E-state index contributed by atoms with van der Waals surface area (Å²) < 4.78 is 25.3. The second-order valence-corrected chi connectivity index (χ2v) is 13.5. The molecule has 1 saturated heterocycles. The quantitative estimate of drug-likeness (QED) is 0.137. The minimum atomic E-state index is -3.26. The molecule has 228 valence electrons. The number of hydrogen-bond acceptors (Lipinski definition) is 4. The van der Waals surface area contributed by atoms with E-state index in [9.17, 15) is 13.2 Å². The summed E-state index contributed by atoms with van der Waals surface area (Å²) in [6, 6.07) is 20.4. The average Bonchev–Trinajstić information content (AvgIpc) is 3.61. The first kappa shape index (κ1) is 30.6. The number of rotatable bonds is 12. The van der Waals surface area contributed by atoms with Crippen LogP contribution in [0.2, 0.25) is 0 Å². The lowest BCUT2D eigenvalue weighted by Gasteiger charge is -2.16. The lowest BCUT2D eigenvalue weighted by atomic mass is 9.99. The van der Waals surface area contributed by atoms with Gasteiger partial charge in [-0.3, -0.25) is 4.72 Å². The van der Waals surface area contributed by atoms with Gasteiger partial charge in [-0.05, 0) is 125 Å². The number of nitrogens with one attached hydrogen (secondary N) is 4. The number of unbranched alkanes of at least 4 members (excludes halogenated alkanes) is 1. The molecule has 0 radical (unpaired) electrons. The van der Waals surface area contributed by atoms with Crippen molar-refractivity contribution in [1.29, 1.82) is 0 Å². The number of carbonyl (C=O) groups excluding carboxylic acids is 1. The molecule has 1 aromatic heterocycles. The zero-order valence-corrected chi connectivity index (χ0v) is 26.2. The van der Waals surface area contributed by atoms with Crippen molar-refractivity contribution in [2.45, 2.75) is 52.4 Å². The fraction of sp³-hybridized carbons (Fsp3) is 0.382. The molecule has 43 heavy (non-hydrogen) atoms. The second-order valence-electron chi connectivity index (χ2n) is 11.8. The van der Waals surface area contributed by atoms with Crippen LogP contribution in [0.5, 0.6) is 0 Å². The number of benzene rings is 3. The highest BCUT2D eigenvalue weighted by atomic mass is 32.2. The topological polar surface area (TPSA) is 106 Å². The van der Waals surface area contributed by atoms with E-state index >= 15 is 0 Å². The maximum Gasteiger partial charge on any atom is 0.321 e. The van der Waals surface area contributed by atoms with E-state index in [4.69, 9.17) is 0 Å². The number of sulfonamides is 1. The van der Waals surface area contributed by atoms with Crippen molar-refractivity contribution in [2.24, 2.45) is 0 Å². The number of urea groups is 1. The minimum absolute atomic E-state index is 0.0216. The van der Waals surface area contributed by atoms with Crippen molar-refractivity contribution in [1.82, 2.24) is 15.2 Å². The molecule has 2 heterocycles. The van der Waals surface area contributed by atoms with E-state index in [1.807, 2.05) is 35.2 Å². The Balaban J connectivity index is 1.22. The third kappa shape index (κ3) is 8.39. The number of H-pyrrole nitrogens is 1. The Hall–Kier alpha value is -3.82. The van der Waals surface area contributed by atoms with Crippen LogP contribution in [-0.4, -0.2) is 56.8 Å². The Kier molecular flexibility index (Phi) is 9.72. The Morgan fingerprint density at radius 2 is 1.56 bits per heavy atom. The number of amides is 2. The standard InChI is InChI=1S/C34H43N5O3S/c1-24-20-25(2)22-27(21-24)33-30(31-23-29(13-14-32(31)37-33)36-34(40)39-18-6-7-19-39)15-17-35-16-5-4-8-26-9-11-28(12-10-26)38-43(3,41)42/h9-14,20-23,35,37-38H,4-8,15-19H2,1-3H3,(H,36,40). The number of likely N-dealkylation sites (tertiary alicyclic amines) is 1. The van der Waals surface area contributed by atoms with Gasteiger partial charge in [0.15, 0.2) is 0 Å². The summed E-state index contributed by atoms with van der Waals surface area (Å²) in [4.78, 5) is 18.3. The summed E-state index contributed by atoms with van der Waals surface area (Å²) in [5, 5.41) is 7.88. The molecule has 8 nitrogen and oxygen atoms in total. The SMILES string of the molecule is Cc1cc(C)cc(-c2[nH]c3ccc(NC(=O)N4CCCC4)cc3c2CCNCCCCc2ccc(NS(C)(=O)=O)cc2)c1. The smallest absolute Gasteiger partial charge is 0.321 e. The number of fused-ring (bicyclic) bond motifs is 1. The molecule has 1 aliphatic heterocycles. The van der Waals surface area contributed by atoms with Gasteiger partial charge in [0.1, 0.15) is 0 Å². The molecule has 1 fully saturated rings. The van der Waals surface area contributed by atoms with Crippen LogP contribution in [0, 0.1) is 13.8 Å². The molecule has 0 spiro atoms. The molecule has 9 heteroatoms. The second kappa shape index (κ2) is 13.7. The Morgan fingerprint density at radius 1 is 0.860 bits per heavy atom. The van der Waals surface area contributed by atoms with E-state index in [-0.39, 0.29) is 6.03 Å². The number of aryl methyl sites for hydroxylation is 3. The molecule has 0 saturated carbocycles. The van der Waals surface area contributed by atoms with Gasteiger partial charge in [-0.1, -0.05) is 29.3 Å². The number of aromatic amines is 1. The predicted molar refractivity (Wildman–Crippen MR) is 177 cm³/mol. The van der Waals surface area contributed by atoms with Gasteiger partial charge in [0, 0.05) is 41.1 Å². The number of hydrogen-bond donors (Lipinski definition) is 4. The van der Waals surface area contributed by atoms with Crippen molar-refractivity contribution in [3.8, 4) is 11.3 Å². The Labute approximate surface area is 255 Å². The van der Waals surface area contributed by atoms with E-state index < -0.39 is 10.0 Å². The molecule has 0 atom stereocenters. The van der Waals surface area contributed by atoms with E-state index in [2.05, 4.69) is 64.5 Å². The van der Waals surface area contributed by atoms with Crippen LogP contribution in [0.15, 0.2) is 60.7 Å². The molecule has 0 aliphatic carbocycles. The van der Waals surface area contributed by atoms with Gasteiger partial charge in [0.05, 0.1) is 6.26 Å². The molecule has 0 bridgehead atoms. The van der Waals surface area contributed by atoms with Gasteiger partial charge in [-0.25, -0.2) is 13.2 Å². The Morgan fingerprint density at radius 3 is 2.26 bits per heavy atom. The van der Waals surface area contributed by atoms with E-state index in [1.165, 1.54) is 27.8 Å². The number of anilines is 2. The van der Waals surface area contributed by atoms with E-state index in [1.54, 1.807) is 0 Å². The lowest BCUT2D eigenvalue weighted by Crippen LogP contribution is -2.32. The monoisotopic (exact) mass is 601 g/mol. The van der Waals surface area contributed by atoms with Crippen LogP contribution < -0.4 is 15.4 Å². The molecule has 2 amide bonds. The third-order valence-corrected chi connectivity index (χ3v) is 8.55. The first-order chi connectivity index (χ1) is 20.6. The van der Waals surface area contributed by atoms with Crippen LogP contribution in [0.25, 0.3) is 22.2 Å². The predicted octanol–water partition coefficient (Wildman–Crippen LogP) is 6.61. The minimum Gasteiger partial charge on any atom is -0.354 e. The largest absolute Gasteiger partial charge is 0.354 e. The van der Waals surface area contributed by atoms with E-state index in [0.29, 0.717) is 5.69 Å². The molecular formula is C34H43N5O3S. The van der Waals surface area contributed by atoms with Crippen LogP contribution in [0.1, 0.15) is 47.9 Å². The number of nitrogens with zero attached hydrogens (tertiary/aromatic N) is 1. The lowest BCUT2D eigenvalue weighted by molar-refractivity contribution is 0.222. The highest BCUT2D eigenvalue weighted by molar-refractivity contribution is 7.92. The number of aromatic nitrogens is 1. The zero-order valence-electron chi connectivity index (χ0n) is 25.4. The van der Waals surface area contributed by atoms with Gasteiger partial charge in [0.2, 0.25) is 10.0 Å².